The molecule has 0 radical (unpaired) electrons. The van der Waals surface area contributed by atoms with Crippen LogP contribution in [0.3, 0.4) is 0 Å². The molecule has 0 N–H and O–H groups in total. The van der Waals surface area contributed by atoms with E-state index in [1.54, 1.807) is 0 Å². The quantitative estimate of drug-likeness (QED) is 0.594. The van der Waals surface area contributed by atoms with E-state index in [2.05, 4.69) is 12.1 Å². The van der Waals surface area contributed by atoms with Gasteiger partial charge >= 0.3 is 5.97 Å². The van der Waals surface area contributed by atoms with Crippen molar-refractivity contribution in [3.63, 3.8) is 0 Å². The minimum absolute atomic E-state index is 0.0920. The molecule has 1 amide bonds. The van der Waals surface area contributed by atoms with Gasteiger partial charge in [-0.05, 0) is 51.0 Å². The van der Waals surface area contributed by atoms with Crippen LogP contribution in [0.25, 0.3) is 0 Å². The lowest BCUT2D eigenvalue weighted by Crippen LogP contribution is -2.47. The Morgan fingerprint density at radius 3 is 2.55 bits per heavy atom. The average molecular weight is 403 g/mol. The maximum atomic E-state index is 12.8. The Morgan fingerprint density at radius 2 is 1.90 bits per heavy atom. The van der Waals surface area contributed by atoms with Crippen molar-refractivity contribution in [2.45, 2.75) is 51.9 Å². The van der Waals surface area contributed by atoms with Gasteiger partial charge in [0.05, 0.1) is 18.6 Å². The Morgan fingerprint density at radius 1 is 1.14 bits per heavy atom. The van der Waals surface area contributed by atoms with E-state index in [1.165, 1.54) is 5.56 Å². The summed E-state index contributed by atoms with van der Waals surface area (Å²) in [6.45, 7) is 5.82. The van der Waals surface area contributed by atoms with E-state index in [-0.39, 0.29) is 11.9 Å². The molecule has 0 atom stereocenters. The Hall–Kier alpha value is -1.92. The summed E-state index contributed by atoms with van der Waals surface area (Å²) in [6.07, 6.45) is 5.59. The van der Waals surface area contributed by atoms with Crippen LogP contribution in [0, 0.1) is 5.41 Å². The number of amides is 1. The Labute approximate surface area is 174 Å². The number of benzene rings is 1. The van der Waals surface area contributed by atoms with Gasteiger partial charge in [0.2, 0.25) is 5.91 Å². The number of hydrogen-bond donors (Lipinski definition) is 0. The molecule has 6 heteroatoms. The topological polar surface area (TPSA) is 59.1 Å². The zero-order chi connectivity index (χ0) is 20.5. The number of carbonyl (C=O) groups is 2. The van der Waals surface area contributed by atoms with Crippen LogP contribution < -0.4 is 0 Å². The molecule has 0 unspecified atom stereocenters. The fraction of sp³-hybridized carbons (Fsp3) is 0.652. The van der Waals surface area contributed by atoms with E-state index in [9.17, 15) is 9.59 Å². The third kappa shape index (κ3) is 6.03. The van der Waals surface area contributed by atoms with E-state index in [4.69, 9.17) is 9.57 Å². The van der Waals surface area contributed by atoms with Gasteiger partial charge in [0.15, 0.2) is 0 Å². The lowest BCUT2D eigenvalue weighted by Gasteiger charge is -2.40. The first-order chi connectivity index (χ1) is 14.1. The minimum atomic E-state index is -0.459. The first kappa shape index (κ1) is 21.8. The molecule has 0 aliphatic carbocycles. The molecule has 2 aliphatic heterocycles. The van der Waals surface area contributed by atoms with Crippen LogP contribution >= 0.6 is 0 Å². The third-order valence-electron chi connectivity index (χ3n) is 6.15. The van der Waals surface area contributed by atoms with Crippen molar-refractivity contribution in [1.29, 1.82) is 0 Å². The van der Waals surface area contributed by atoms with Crippen LogP contribution in [0.4, 0.5) is 0 Å². The van der Waals surface area contributed by atoms with E-state index in [0.717, 1.165) is 38.8 Å². The van der Waals surface area contributed by atoms with Gasteiger partial charge in [-0.2, -0.15) is 5.06 Å². The smallest absolute Gasteiger partial charge is 0.312 e. The summed E-state index contributed by atoms with van der Waals surface area (Å²) in [7, 11) is 0. The fourth-order valence-corrected chi connectivity index (χ4v) is 4.35. The van der Waals surface area contributed by atoms with Crippen LogP contribution in [0.1, 0.15) is 51.0 Å². The Bertz CT molecular complexity index is 650. The lowest BCUT2D eigenvalue weighted by molar-refractivity contribution is -0.161. The number of carbonyl (C=O) groups excluding carboxylic acids is 2. The molecule has 160 valence electrons. The first-order valence-electron chi connectivity index (χ1n) is 11.0. The van der Waals surface area contributed by atoms with Gasteiger partial charge in [-0.1, -0.05) is 30.3 Å². The van der Waals surface area contributed by atoms with Crippen molar-refractivity contribution in [2.75, 3.05) is 39.4 Å². The highest BCUT2D eigenvalue weighted by Gasteiger charge is 2.42. The van der Waals surface area contributed by atoms with E-state index < -0.39 is 5.41 Å². The van der Waals surface area contributed by atoms with Crippen LogP contribution in [-0.2, 0) is 25.6 Å². The SMILES string of the molecule is CCOC(=O)C1(CCCc2ccccc2)CCN(C(=O)CCN2CCCO2)CC1. The number of likely N-dealkylation sites (tertiary alicyclic amines) is 1. The molecule has 0 aromatic heterocycles. The number of rotatable bonds is 9. The van der Waals surface area contributed by atoms with E-state index >= 15 is 0 Å². The molecule has 3 rings (SSSR count). The summed E-state index contributed by atoms with van der Waals surface area (Å²) < 4.78 is 5.43. The molecule has 2 fully saturated rings. The number of ether oxygens (including phenoxy) is 1. The number of hydroxylamine groups is 2. The second-order valence-electron chi connectivity index (χ2n) is 8.09. The summed E-state index contributed by atoms with van der Waals surface area (Å²) >= 11 is 0. The molecule has 0 bridgehead atoms. The second kappa shape index (κ2) is 10.7. The maximum Gasteiger partial charge on any atom is 0.312 e. The van der Waals surface area contributed by atoms with Gasteiger partial charge in [0, 0.05) is 32.6 Å². The summed E-state index contributed by atoms with van der Waals surface area (Å²) in [5, 5.41) is 1.88. The number of esters is 1. The highest BCUT2D eigenvalue weighted by molar-refractivity contribution is 5.79. The lowest BCUT2D eigenvalue weighted by atomic mass is 9.74. The predicted molar refractivity (Wildman–Crippen MR) is 111 cm³/mol. The van der Waals surface area contributed by atoms with Gasteiger partial charge in [-0.3, -0.25) is 14.4 Å². The van der Waals surface area contributed by atoms with Crippen LogP contribution in [0.15, 0.2) is 30.3 Å². The average Bonchev–Trinajstić information content (AvgIpc) is 3.27. The molecule has 1 aromatic carbocycles. The molecule has 1 aromatic rings. The van der Waals surface area contributed by atoms with Gasteiger partial charge in [-0.15, -0.1) is 0 Å². The predicted octanol–water partition coefficient (Wildman–Crippen LogP) is 3.21. The third-order valence-corrected chi connectivity index (χ3v) is 6.15. The molecular formula is C23H34N2O4. The molecule has 2 saturated heterocycles. The number of piperidine rings is 1. The molecule has 2 aliphatic rings. The van der Waals surface area contributed by atoms with Crippen molar-refractivity contribution in [2.24, 2.45) is 5.41 Å². The van der Waals surface area contributed by atoms with Gasteiger partial charge < -0.3 is 9.64 Å². The Kier molecular flexibility index (Phi) is 8.07. The molecule has 0 saturated carbocycles. The number of aryl methyl sites for hydroxylation is 1. The minimum Gasteiger partial charge on any atom is -0.466 e. The van der Waals surface area contributed by atoms with Gasteiger partial charge in [0.1, 0.15) is 0 Å². The Balaban J connectivity index is 1.51. The zero-order valence-corrected chi connectivity index (χ0v) is 17.6. The monoisotopic (exact) mass is 402 g/mol. The summed E-state index contributed by atoms with van der Waals surface area (Å²) in [4.78, 5) is 32.7. The normalized spacial score (nSPS) is 19.3. The molecule has 0 spiro atoms. The van der Waals surface area contributed by atoms with E-state index in [1.807, 2.05) is 35.1 Å². The van der Waals surface area contributed by atoms with Crippen molar-refractivity contribution in [3.8, 4) is 0 Å². The summed E-state index contributed by atoms with van der Waals surface area (Å²) in [5.74, 6) is 0.0628. The number of hydrogen-bond acceptors (Lipinski definition) is 5. The molecule has 6 nitrogen and oxygen atoms in total. The van der Waals surface area contributed by atoms with Crippen molar-refractivity contribution in [3.05, 3.63) is 35.9 Å². The highest BCUT2D eigenvalue weighted by Crippen LogP contribution is 2.38. The summed E-state index contributed by atoms with van der Waals surface area (Å²) in [6, 6.07) is 10.4. The first-order valence-corrected chi connectivity index (χ1v) is 11.0. The molecule has 2 heterocycles. The fourth-order valence-electron chi connectivity index (χ4n) is 4.35. The van der Waals surface area contributed by atoms with E-state index in [0.29, 0.717) is 45.5 Å². The van der Waals surface area contributed by atoms with Crippen LogP contribution in [-0.4, -0.2) is 61.2 Å². The van der Waals surface area contributed by atoms with Crippen molar-refractivity contribution in [1.82, 2.24) is 9.96 Å². The van der Waals surface area contributed by atoms with Crippen molar-refractivity contribution < 1.29 is 19.2 Å². The van der Waals surface area contributed by atoms with Gasteiger partial charge in [-0.25, -0.2) is 0 Å². The largest absolute Gasteiger partial charge is 0.466 e. The second-order valence-corrected chi connectivity index (χ2v) is 8.09. The summed E-state index contributed by atoms with van der Waals surface area (Å²) in [5.41, 5.74) is 0.836. The molecule has 29 heavy (non-hydrogen) atoms. The maximum absolute atomic E-state index is 12.8. The van der Waals surface area contributed by atoms with Gasteiger partial charge in [0.25, 0.3) is 0 Å². The van der Waals surface area contributed by atoms with Crippen LogP contribution in [0.2, 0.25) is 0 Å². The number of nitrogens with zero attached hydrogens (tertiary/aromatic N) is 2. The van der Waals surface area contributed by atoms with Crippen LogP contribution in [0.5, 0.6) is 0 Å². The van der Waals surface area contributed by atoms with Crippen molar-refractivity contribution >= 4 is 11.9 Å². The standard InChI is InChI=1S/C23H34N2O4/c1-2-28-22(27)23(12-6-10-20-8-4-3-5-9-20)13-17-24(18-14-23)21(26)11-16-25-15-7-19-29-25/h3-5,8-9H,2,6-7,10-19H2,1H3. The highest BCUT2D eigenvalue weighted by atomic mass is 16.7. The molecular weight excluding hydrogens is 368 g/mol. The zero-order valence-electron chi connectivity index (χ0n) is 17.6.